The third-order valence-corrected chi connectivity index (χ3v) is 2.99. The molecule has 2 aromatic rings. The molecule has 100 valence electrons. The van der Waals surface area contributed by atoms with Gasteiger partial charge in [0, 0.05) is 18.9 Å². The van der Waals surface area contributed by atoms with Gasteiger partial charge in [-0.1, -0.05) is 12.8 Å². The number of anilines is 2. The summed E-state index contributed by atoms with van der Waals surface area (Å²) >= 11 is 0. The first kappa shape index (κ1) is 11.8. The molecule has 0 spiro atoms. The quantitative estimate of drug-likeness (QED) is 0.514. The van der Waals surface area contributed by atoms with Crippen LogP contribution in [0.1, 0.15) is 19.3 Å². The van der Waals surface area contributed by atoms with Crippen LogP contribution in [0.15, 0.2) is 18.5 Å². The van der Waals surface area contributed by atoms with Crippen LogP contribution in [0.5, 0.6) is 0 Å². The van der Waals surface area contributed by atoms with E-state index in [1.54, 1.807) is 23.1 Å². The Labute approximate surface area is 110 Å². The molecule has 1 saturated carbocycles. The number of aromatic nitrogens is 5. The van der Waals surface area contributed by atoms with E-state index >= 15 is 0 Å². The van der Waals surface area contributed by atoms with Crippen molar-refractivity contribution in [3.63, 3.8) is 0 Å². The van der Waals surface area contributed by atoms with Gasteiger partial charge in [-0.15, -0.1) is 0 Å². The second kappa shape index (κ2) is 5.19. The molecule has 8 nitrogen and oxygen atoms in total. The van der Waals surface area contributed by atoms with Gasteiger partial charge in [0.25, 0.3) is 5.95 Å². The van der Waals surface area contributed by atoms with Crippen molar-refractivity contribution in [1.29, 1.82) is 0 Å². The fourth-order valence-corrected chi connectivity index (χ4v) is 1.79. The van der Waals surface area contributed by atoms with Crippen molar-refractivity contribution >= 4 is 11.9 Å². The summed E-state index contributed by atoms with van der Waals surface area (Å²) in [6, 6.07) is 1.81. The molecule has 4 N–H and O–H groups in total. The second-order valence-electron chi connectivity index (χ2n) is 4.54. The second-order valence-corrected chi connectivity index (χ2v) is 4.54. The maximum absolute atomic E-state index is 5.37. The summed E-state index contributed by atoms with van der Waals surface area (Å²) in [6.45, 7) is 0.858. The van der Waals surface area contributed by atoms with E-state index in [-0.39, 0.29) is 0 Å². The lowest BCUT2D eigenvalue weighted by Gasteiger charge is -2.08. The number of nitrogen functional groups attached to an aromatic ring is 1. The van der Waals surface area contributed by atoms with Gasteiger partial charge >= 0.3 is 0 Å². The van der Waals surface area contributed by atoms with Gasteiger partial charge in [0.05, 0.1) is 0 Å². The van der Waals surface area contributed by atoms with Crippen molar-refractivity contribution in [2.45, 2.75) is 19.3 Å². The lowest BCUT2D eigenvalue weighted by Crippen LogP contribution is -2.16. The fraction of sp³-hybridized carbons (Fsp3) is 0.455. The standard InChI is InChI=1S/C11H16N8/c12-18-10-15-9(13-6-4-8-2-3-8)16-11(17-10)19-7-1-5-14-19/h1,5,7-8H,2-4,6,12H2,(H2,13,15,16,17,18). The SMILES string of the molecule is NNc1nc(NCCC2CC2)nc(-n2cccn2)n1. The zero-order valence-corrected chi connectivity index (χ0v) is 10.5. The highest BCUT2D eigenvalue weighted by atomic mass is 15.4. The van der Waals surface area contributed by atoms with Crippen LogP contribution in [-0.2, 0) is 0 Å². The summed E-state index contributed by atoms with van der Waals surface area (Å²) in [7, 11) is 0. The molecule has 3 rings (SSSR count). The van der Waals surface area contributed by atoms with E-state index in [2.05, 4.69) is 30.8 Å². The molecule has 2 aromatic heterocycles. The Morgan fingerprint density at radius 2 is 2.11 bits per heavy atom. The first-order chi connectivity index (χ1) is 9.35. The number of nitrogens with zero attached hydrogens (tertiary/aromatic N) is 5. The maximum atomic E-state index is 5.37. The smallest absolute Gasteiger partial charge is 0.257 e. The predicted molar refractivity (Wildman–Crippen MR) is 70.6 cm³/mol. The molecule has 1 fully saturated rings. The third kappa shape index (κ3) is 2.97. The monoisotopic (exact) mass is 260 g/mol. The van der Waals surface area contributed by atoms with Crippen LogP contribution in [0, 0.1) is 5.92 Å². The molecule has 0 bridgehead atoms. The lowest BCUT2D eigenvalue weighted by atomic mass is 10.3. The first-order valence-electron chi connectivity index (χ1n) is 6.32. The van der Waals surface area contributed by atoms with Crippen LogP contribution in [0.2, 0.25) is 0 Å². The fourth-order valence-electron chi connectivity index (χ4n) is 1.79. The number of hydrazine groups is 1. The highest BCUT2D eigenvalue weighted by Crippen LogP contribution is 2.31. The molecule has 1 aliphatic rings. The zero-order chi connectivity index (χ0) is 13.1. The van der Waals surface area contributed by atoms with Gasteiger partial charge in [0.15, 0.2) is 0 Å². The van der Waals surface area contributed by atoms with Gasteiger partial charge in [-0.25, -0.2) is 10.5 Å². The van der Waals surface area contributed by atoms with E-state index in [1.807, 2.05) is 0 Å². The Kier molecular flexibility index (Phi) is 3.23. The number of hydrogen-bond donors (Lipinski definition) is 3. The van der Waals surface area contributed by atoms with Crippen LogP contribution in [-0.4, -0.2) is 31.3 Å². The molecule has 0 saturated heterocycles. The third-order valence-electron chi connectivity index (χ3n) is 2.99. The minimum Gasteiger partial charge on any atom is -0.354 e. The lowest BCUT2D eigenvalue weighted by molar-refractivity contribution is 0.749. The first-order valence-corrected chi connectivity index (χ1v) is 6.32. The highest BCUT2D eigenvalue weighted by Gasteiger charge is 2.20. The van der Waals surface area contributed by atoms with Crippen molar-refractivity contribution in [3.05, 3.63) is 18.5 Å². The van der Waals surface area contributed by atoms with Gasteiger partial charge in [-0.05, 0) is 18.4 Å². The van der Waals surface area contributed by atoms with Gasteiger partial charge < -0.3 is 5.32 Å². The van der Waals surface area contributed by atoms with E-state index in [4.69, 9.17) is 5.84 Å². The summed E-state index contributed by atoms with van der Waals surface area (Å²) in [6.07, 6.45) is 7.26. The molecule has 19 heavy (non-hydrogen) atoms. The number of rotatable bonds is 6. The van der Waals surface area contributed by atoms with E-state index in [9.17, 15) is 0 Å². The molecule has 1 aliphatic carbocycles. The van der Waals surface area contributed by atoms with Crippen molar-refractivity contribution in [2.24, 2.45) is 11.8 Å². The summed E-state index contributed by atoms with van der Waals surface area (Å²) in [4.78, 5) is 12.6. The molecule has 8 heteroatoms. The van der Waals surface area contributed by atoms with E-state index in [0.717, 1.165) is 18.9 Å². The van der Waals surface area contributed by atoms with E-state index in [1.165, 1.54) is 12.8 Å². The van der Waals surface area contributed by atoms with Gasteiger partial charge in [0.2, 0.25) is 11.9 Å². The van der Waals surface area contributed by atoms with Gasteiger partial charge in [-0.2, -0.15) is 20.1 Å². The topological polar surface area (TPSA) is 107 Å². The normalized spacial score (nSPS) is 14.4. The Balaban J connectivity index is 1.76. The minimum atomic E-state index is 0.314. The van der Waals surface area contributed by atoms with Crippen LogP contribution in [0.25, 0.3) is 5.95 Å². The van der Waals surface area contributed by atoms with E-state index in [0.29, 0.717) is 17.8 Å². The Hall–Kier alpha value is -2.22. The van der Waals surface area contributed by atoms with E-state index < -0.39 is 0 Å². The Bertz CT molecular complexity index is 534. The molecule has 0 radical (unpaired) electrons. The number of nitrogens with two attached hydrogens (primary N) is 1. The summed E-state index contributed by atoms with van der Waals surface area (Å²) in [5, 5.41) is 7.28. The van der Waals surface area contributed by atoms with Crippen LogP contribution < -0.4 is 16.6 Å². The molecular weight excluding hydrogens is 244 g/mol. The Morgan fingerprint density at radius 1 is 1.26 bits per heavy atom. The maximum Gasteiger partial charge on any atom is 0.257 e. The van der Waals surface area contributed by atoms with Crippen LogP contribution in [0.3, 0.4) is 0 Å². The van der Waals surface area contributed by atoms with Crippen molar-refractivity contribution in [1.82, 2.24) is 24.7 Å². The molecule has 2 heterocycles. The predicted octanol–water partition coefficient (Wildman–Crippen LogP) is 0.555. The number of nitrogens with one attached hydrogen (secondary N) is 2. The molecule has 0 aliphatic heterocycles. The summed E-state index contributed by atoms with van der Waals surface area (Å²) in [5.41, 5.74) is 2.44. The van der Waals surface area contributed by atoms with Crippen LogP contribution in [0.4, 0.5) is 11.9 Å². The van der Waals surface area contributed by atoms with Crippen LogP contribution >= 0.6 is 0 Å². The highest BCUT2D eigenvalue weighted by molar-refractivity contribution is 5.36. The largest absolute Gasteiger partial charge is 0.354 e. The van der Waals surface area contributed by atoms with Gasteiger partial charge in [-0.3, -0.25) is 5.43 Å². The summed E-state index contributed by atoms with van der Waals surface area (Å²) < 4.78 is 1.56. The van der Waals surface area contributed by atoms with Crippen molar-refractivity contribution in [2.75, 3.05) is 17.3 Å². The average molecular weight is 260 g/mol. The average Bonchev–Trinajstić information content (AvgIpc) is 3.09. The molecule has 0 amide bonds. The molecule has 0 aromatic carbocycles. The molecular formula is C11H16N8. The summed E-state index contributed by atoms with van der Waals surface area (Å²) in [5.74, 6) is 7.49. The van der Waals surface area contributed by atoms with Crippen molar-refractivity contribution in [3.8, 4) is 5.95 Å². The van der Waals surface area contributed by atoms with Crippen molar-refractivity contribution < 1.29 is 0 Å². The molecule has 0 atom stereocenters. The number of hydrogen-bond acceptors (Lipinski definition) is 7. The Morgan fingerprint density at radius 3 is 2.79 bits per heavy atom. The molecule has 0 unspecified atom stereocenters. The van der Waals surface area contributed by atoms with Gasteiger partial charge in [0.1, 0.15) is 0 Å². The zero-order valence-electron chi connectivity index (χ0n) is 10.5. The minimum absolute atomic E-state index is 0.314.